The van der Waals surface area contributed by atoms with Crippen molar-refractivity contribution in [3.63, 3.8) is 0 Å². The number of likely N-dealkylation sites (N-methyl/N-ethyl adjacent to an activating group) is 1. The van der Waals surface area contributed by atoms with E-state index < -0.39 is 0 Å². The van der Waals surface area contributed by atoms with Crippen LogP contribution in [0.3, 0.4) is 0 Å². The Hall–Kier alpha value is -0.600. The van der Waals surface area contributed by atoms with Gasteiger partial charge in [-0.3, -0.25) is 0 Å². The highest BCUT2D eigenvalue weighted by Gasteiger charge is 2.32. The minimum Gasteiger partial charge on any atom is -0.391 e. The molecule has 0 spiro atoms. The third-order valence-electron chi connectivity index (χ3n) is 3.61. The van der Waals surface area contributed by atoms with E-state index in [1.807, 2.05) is 0 Å². The molecule has 0 radical (unpaired) electrons. The van der Waals surface area contributed by atoms with Gasteiger partial charge in [-0.15, -0.1) is 0 Å². The Kier molecular flexibility index (Phi) is 2.75. The van der Waals surface area contributed by atoms with E-state index in [-0.39, 0.29) is 0 Å². The number of piperidine rings is 1. The van der Waals surface area contributed by atoms with Gasteiger partial charge in [0.15, 0.2) is 0 Å². The molecule has 78 valence electrons. The molecule has 2 rings (SSSR count). The summed E-state index contributed by atoms with van der Waals surface area (Å²) >= 11 is 0. The molecule has 2 unspecified atom stereocenters. The number of fused-ring (bicyclic) bond motifs is 1. The number of rotatable bonds is 2. The molecule has 1 aliphatic heterocycles. The van der Waals surface area contributed by atoms with Crippen LogP contribution in [-0.4, -0.2) is 42.9 Å². The van der Waals surface area contributed by atoms with Crippen LogP contribution in [0.15, 0.2) is 23.8 Å². The average Bonchev–Trinajstić information content (AvgIpc) is 2.17. The monoisotopic (exact) mass is 194 g/mol. The summed E-state index contributed by atoms with van der Waals surface area (Å²) in [4.78, 5) is 0. The fourth-order valence-electron chi connectivity index (χ4n) is 2.63. The smallest absolute Gasteiger partial charge is 0.102 e. The zero-order valence-corrected chi connectivity index (χ0v) is 8.95. The number of hydrogen-bond acceptors (Lipinski definition) is 1. The van der Waals surface area contributed by atoms with Crippen LogP contribution in [0.25, 0.3) is 0 Å². The number of quaternary nitrogens is 1. The predicted molar refractivity (Wildman–Crippen MR) is 57.8 cm³/mol. The molecule has 1 fully saturated rings. The number of hydrogen-bond donors (Lipinski definition) is 1. The van der Waals surface area contributed by atoms with Gasteiger partial charge in [-0.25, -0.2) is 0 Å². The summed E-state index contributed by atoms with van der Waals surface area (Å²) in [6, 6.07) is 0. The quantitative estimate of drug-likeness (QED) is 0.658. The minimum atomic E-state index is 0.310. The fraction of sp³-hybridized carbons (Fsp3) is 0.667. The lowest BCUT2D eigenvalue weighted by Crippen LogP contribution is -2.52. The first-order chi connectivity index (χ1) is 6.73. The van der Waals surface area contributed by atoms with E-state index >= 15 is 0 Å². The van der Waals surface area contributed by atoms with E-state index in [1.54, 1.807) is 5.57 Å². The average molecular weight is 194 g/mol. The summed E-state index contributed by atoms with van der Waals surface area (Å²) in [7, 11) is 2.26. The first kappa shape index (κ1) is 9.94. The first-order valence-electron chi connectivity index (χ1n) is 5.53. The second kappa shape index (κ2) is 3.87. The number of nitrogens with zero attached hydrogens (tertiary/aromatic N) is 1. The summed E-state index contributed by atoms with van der Waals surface area (Å²) in [5.41, 5.74) is 1.59. The Bertz CT molecular complexity index is 269. The normalized spacial score (nSPS) is 36.4. The van der Waals surface area contributed by atoms with E-state index in [0.29, 0.717) is 6.61 Å². The van der Waals surface area contributed by atoms with Gasteiger partial charge in [-0.2, -0.15) is 0 Å². The van der Waals surface area contributed by atoms with Gasteiger partial charge >= 0.3 is 0 Å². The van der Waals surface area contributed by atoms with Crippen molar-refractivity contribution in [3.8, 4) is 0 Å². The van der Waals surface area contributed by atoms with Crippen molar-refractivity contribution in [1.29, 1.82) is 0 Å². The highest BCUT2D eigenvalue weighted by Crippen LogP contribution is 2.31. The van der Waals surface area contributed by atoms with Gasteiger partial charge in [0.25, 0.3) is 0 Å². The Labute approximate surface area is 86.1 Å². The Morgan fingerprint density at radius 2 is 2.43 bits per heavy atom. The van der Waals surface area contributed by atoms with Crippen molar-refractivity contribution in [2.75, 3.05) is 33.3 Å². The molecule has 2 nitrogen and oxygen atoms in total. The zero-order valence-electron chi connectivity index (χ0n) is 8.95. The molecule has 1 heterocycles. The third kappa shape index (κ3) is 1.91. The van der Waals surface area contributed by atoms with Crippen LogP contribution in [0.1, 0.15) is 12.8 Å². The van der Waals surface area contributed by atoms with Crippen LogP contribution >= 0.6 is 0 Å². The molecule has 2 heteroatoms. The highest BCUT2D eigenvalue weighted by molar-refractivity contribution is 5.22. The molecular weight excluding hydrogens is 174 g/mol. The van der Waals surface area contributed by atoms with Gasteiger partial charge < -0.3 is 9.59 Å². The maximum absolute atomic E-state index is 9.03. The van der Waals surface area contributed by atoms with Gasteiger partial charge in [0.05, 0.1) is 20.2 Å². The van der Waals surface area contributed by atoms with Gasteiger partial charge in [0.2, 0.25) is 0 Å². The van der Waals surface area contributed by atoms with Crippen molar-refractivity contribution in [2.24, 2.45) is 5.92 Å². The lowest BCUT2D eigenvalue weighted by Gasteiger charge is -2.42. The van der Waals surface area contributed by atoms with E-state index in [0.717, 1.165) is 23.5 Å². The van der Waals surface area contributed by atoms with Crippen LogP contribution < -0.4 is 0 Å². The van der Waals surface area contributed by atoms with E-state index in [1.165, 1.54) is 19.4 Å². The van der Waals surface area contributed by atoms with Gasteiger partial charge in [-0.1, -0.05) is 18.2 Å². The summed E-state index contributed by atoms with van der Waals surface area (Å²) in [6.45, 7) is 3.56. The molecule has 1 aliphatic carbocycles. The Morgan fingerprint density at radius 3 is 3.21 bits per heavy atom. The van der Waals surface area contributed by atoms with Crippen LogP contribution in [0.5, 0.6) is 0 Å². The predicted octanol–water partition coefficient (Wildman–Crippen LogP) is 1.33. The molecule has 2 atom stereocenters. The molecule has 0 amide bonds. The maximum Gasteiger partial charge on any atom is 0.102 e. The molecule has 2 aliphatic rings. The maximum atomic E-state index is 9.03. The van der Waals surface area contributed by atoms with E-state index in [2.05, 4.69) is 25.3 Å². The number of aliphatic hydroxyl groups is 1. The molecule has 0 bridgehead atoms. The molecule has 0 aromatic carbocycles. The van der Waals surface area contributed by atoms with Crippen LogP contribution in [0.4, 0.5) is 0 Å². The molecule has 1 N–H and O–H groups in total. The SMILES string of the molecule is C[N+]1(CCO)CCC2CC=CC=C2C1. The van der Waals surface area contributed by atoms with Gasteiger partial charge in [0, 0.05) is 6.42 Å². The molecule has 0 aromatic heterocycles. The zero-order chi connectivity index (χ0) is 10.0. The van der Waals surface area contributed by atoms with Crippen molar-refractivity contribution in [2.45, 2.75) is 12.8 Å². The molecule has 0 saturated carbocycles. The van der Waals surface area contributed by atoms with Crippen molar-refractivity contribution in [1.82, 2.24) is 0 Å². The van der Waals surface area contributed by atoms with Gasteiger partial charge in [-0.05, 0) is 17.9 Å². The van der Waals surface area contributed by atoms with E-state index in [9.17, 15) is 0 Å². The third-order valence-corrected chi connectivity index (χ3v) is 3.61. The number of likely N-dealkylation sites (tertiary alicyclic amines) is 1. The topological polar surface area (TPSA) is 20.2 Å². The lowest BCUT2D eigenvalue weighted by molar-refractivity contribution is -0.909. The summed E-state index contributed by atoms with van der Waals surface area (Å²) < 4.78 is 1.02. The van der Waals surface area contributed by atoms with Gasteiger partial charge in [0.1, 0.15) is 13.1 Å². The fourth-order valence-corrected chi connectivity index (χ4v) is 2.63. The van der Waals surface area contributed by atoms with Crippen LogP contribution in [0.2, 0.25) is 0 Å². The standard InChI is InChI=1S/C12H20NO/c1-13(8-9-14)7-6-11-4-2-3-5-12(11)10-13/h2-3,5,11,14H,4,6-10H2,1H3/q+1. The summed E-state index contributed by atoms with van der Waals surface area (Å²) in [5.74, 6) is 0.796. The first-order valence-corrected chi connectivity index (χ1v) is 5.53. The summed E-state index contributed by atoms with van der Waals surface area (Å²) in [5, 5.41) is 9.03. The second-order valence-corrected chi connectivity index (χ2v) is 4.84. The van der Waals surface area contributed by atoms with Crippen LogP contribution in [0, 0.1) is 5.92 Å². The Balaban J connectivity index is 2.08. The van der Waals surface area contributed by atoms with Crippen molar-refractivity contribution >= 4 is 0 Å². The molecular formula is C12H20NO+. The summed E-state index contributed by atoms with van der Waals surface area (Å²) in [6.07, 6.45) is 9.25. The molecule has 0 aromatic rings. The number of aliphatic hydroxyl groups excluding tert-OH is 1. The largest absolute Gasteiger partial charge is 0.391 e. The number of allylic oxidation sites excluding steroid dienone is 3. The highest BCUT2D eigenvalue weighted by atomic mass is 16.3. The van der Waals surface area contributed by atoms with E-state index in [4.69, 9.17) is 5.11 Å². The van der Waals surface area contributed by atoms with Crippen molar-refractivity contribution < 1.29 is 9.59 Å². The van der Waals surface area contributed by atoms with Crippen molar-refractivity contribution in [3.05, 3.63) is 23.8 Å². The minimum absolute atomic E-state index is 0.310. The Morgan fingerprint density at radius 1 is 1.57 bits per heavy atom. The lowest BCUT2D eigenvalue weighted by atomic mass is 9.84. The second-order valence-electron chi connectivity index (χ2n) is 4.84. The van der Waals surface area contributed by atoms with Crippen LogP contribution in [-0.2, 0) is 0 Å². The molecule has 1 saturated heterocycles. The molecule has 14 heavy (non-hydrogen) atoms.